The summed E-state index contributed by atoms with van der Waals surface area (Å²) in [7, 11) is 0. The molecule has 1 saturated heterocycles. The van der Waals surface area contributed by atoms with E-state index in [2.05, 4.69) is 10.4 Å². The monoisotopic (exact) mass is 326 g/mol. The molecule has 1 N–H and O–H groups in total. The number of carbonyl (C=O) groups excluding carboxylic acids is 2. The first-order chi connectivity index (χ1) is 11.6. The molecule has 1 aromatic carbocycles. The van der Waals surface area contributed by atoms with Gasteiger partial charge in [0.05, 0.1) is 12.6 Å². The van der Waals surface area contributed by atoms with E-state index in [1.54, 1.807) is 6.20 Å². The lowest BCUT2D eigenvalue weighted by Gasteiger charge is -2.24. The van der Waals surface area contributed by atoms with Crippen LogP contribution in [0.4, 0.5) is 5.69 Å². The quantitative estimate of drug-likeness (QED) is 0.857. The van der Waals surface area contributed by atoms with Crippen LogP contribution in [0.15, 0.2) is 42.7 Å². The summed E-state index contributed by atoms with van der Waals surface area (Å²) in [6.07, 6.45) is 5.43. The number of nitrogens with zero attached hydrogens (tertiary/aromatic N) is 3. The highest BCUT2D eigenvalue weighted by Gasteiger charge is 2.30. The summed E-state index contributed by atoms with van der Waals surface area (Å²) in [5.41, 5.74) is 1.74. The van der Waals surface area contributed by atoms with E-state index >= 15 is 0 Å². The molecule has 0 unspecified atom stereocenters. The molecule has 0 aliphatic carbocycles. The first-order valence-electron chi connectivity index (χ1n) is 8.26. The van der Waals surface area contributed by atoms with E-state index in [9.17, 15) is 9.59 Å². The van der Waals surface area contributed by atoms with Crippen LogP contribution in [0.1, 0.15) is 24.8 Å². The molecule has 1 atom stereocenters. The fourth-order valence-corrected chi connectivity index (χ4v) is 3.12. The van der Waals surface area contributed by atoms with Crippen molar-refractivity contribution >= 4 is 17.5 Å². The summed E-state index contributed by atoms with van der Waals surface area (Å²) < 4.78 is 1.84. The third kappa shape index (κ3) is 3.82. The minimum Gasteiger partial charge on any atom is -0.337 e. The van der Waals surface area contributed by atoms with Gasteiger partial charge in [0, 0.05) is 24.6 Å². The minimum atomic E-state index is -0.265. The van der Waals surface area contributed by atoms with Gasteiger partial charge in [-0.05, 0) is 37.5 Å². The third-order valence-corrected chi connectivity index (χ3v) is 4.39. The average Bonchev–Trinajstić information content (AvgIpc) is 3.22. The molecule has 6 nitrogen and oxygen atoms in total. The number of benzene rings is 1. The maximum Gasteiger partial charge on any atom is 0.233 e. The molecule has 1 aliphatic rings. The van der Waals surface area contributed by atoms with Crippen molar-refractivity contribution in [1.82, 2.24) is 14.7 Å². The lowest BCUT2D eigenvalue weighted by molar-refractivity contribution is -0.135. The van der Waals surface area contributed by atoms with Gasteiger partial charge in [-0.15, -0.1) is 0 Å². The van der Waals surface area contributed by atoms with Crippen molar-refractivity contribution < 1.29 is 9.59 Å². The summed E-state index contributed by atoms with van der Waals surface area (Å²) in [6, 6.07) is 9.54. The largest absolute Gasteiger partial charge is 0.337 e. The lowest BCUT2D eigenvalue weighted by atomic mass is 10.2. The van der Waals surface area contributed by atoms with Crippen molar-refractivity contribution in [3.05, 3.63) is 48.3 Å². The third-order valence-electron chi connectivity index (χ3n) is 4.39. The Morgan fingerprint density at radius 3 is 2.88 bits per heavy atom. The number of nitrogens with one attached hydrogen (secondary N) is 1. The zero-order valence-electron chi connectivity index (χ0n) is 13.8. The number of likely N-dealkylation sites (tertiary alicyclic amines) is 1. The van der Waals surface area contributed by atoms with Gasteiger partial charge in [-0.3, -0.25) is 14.3 Å². The van der Waals surface area contributed by atoms with Crippen molar-refractivity contribution in [3.8, 4) is 0 Å². The summed E-state index contributed by atoms with van der Waals surface area (Å²) in [4.78, 5) is 26.5. The molecule has 6 heteroatoms. The fraction of sp³-hybridized carbons (Fsp3) is 0.389. The van der Waals surface area contributed by atoms with E-state index in [4.69, 9.17) is 0 Å². The molecule has 2 amide bonds. The Morgan fingerprint density at radius 2 is 2.12 bits per heavy atom. The van der Waals surface area contributed by atoms with Crippen LogP contribution in [-0.4, -0.2) is 39.1 Å². The summed E-state index contributed by atoms with van der Waals surface area (Å²) in [5, 5.41) is 7.02. The van der Waals surface area contributed by atoms with Crippen LogP contribution in [0.5, 0.6) is 0 Å². The standard InChI is InChI=1S/C18H22N4O2/c1-14-6-2-3-8-16(14)20-17(23)12-18(24)22-11-4-7-15(22)13-21-10-5-9-19-21/h2-3,5-6,8-10,15H,4,7,11-13H2,1H3,(H,20,23)/t15-/m0/s1. The lowest BCUT2D eigenvalue weighted by Crippen LogP contribution is -2.39. The second kappa shape index (κ2) is 7.29. The second-order valence-corrected chi connectivity index (χ2v) is 6.15. The molecule has 0 radical (unpaired) electrons. The smallest absolute Gasteiger partial charge is 0.233 e. The van der Waals surface area contributed by atoms with Crippen LogP contribution in [0.2, 0.25) is 0 Å². The van der Waals surface area contributed by atoms with Crippen molar-refractivity contribution in [2.24, 2.45) is 0 Å². The van der Waals surface area contributed by atoms with Crippen LogP contribution >= 0.6 is 0 Å². The molecule has 0 bridgehead atoms. The van der Waals surface area contributed by atoms with E-state index < -0.39 is 0 Å². The van der Waals surface area contributed by atoms with Gasteiger partial charge < -0.3 is 10.2 Å². The second-order valence-electron chi connectivity index (χ2n) is 6.15. The summed E-state index contributed by atoms with van der Waals surface area (Å²) in [6.45, 7) is 3.32. The molecule has 1 aromatic heterocycles. The maximum absolute atomic E-state index is 12.5. The van der Waals surface area contributed by atoms with Crippen LogP contribution in [-0.2, 0) is 16.1 Å². The summed E-state index contributed by atoms with van der Waals surface area (Å²) >= 11 is 0. The number of anilines is 1. The van der Waals surface area contributed by atoms with Crippen molar-refractivity contribution in [2.75, 3.05) is 11.9 Å². The van der Waals surface area contributed by atoms with Crippen LogP contribution in [0.25, 0.3) is 0 Å². The van der Waals surface area contributed by atoms with E-state index in [0.29, 0.717) is 13.1 Å². The molecule has 3 rings (SSSR count). The highest BCUT2D eigenvalue weighted by molar-refractivity contribution is 6.04. The first-order valence-corrected chi connectivity index (χ1v) is 8.26. The molecular formula is C18H22N4O2. The van der Waals surface area contributed by atoms with E-state index in [1.807, 2.05) is 53.0 Å². The van der Waals surface area contributed by atoms with Gasteiger partial charge >= 0.3 is 0 Å². The Labute approximate surface area is 141 Å². The van der Waals surface area contributed by atoms with Crippen LogP contribution < -0.4 is 5.32 Å². The zero-order chi connectivity index (χ0) is 16.9. The molecule has 0 spiro atoms. The van der Waals surface area contributed by atoms with E-state index in [1.165, 1.54) is 0 Å². The normalized spacial score (nSPS) is 17.0. The Kier molecular flexibility index (Phi) is 4.93. The van der Waals surface area contributed by atoms with Gasteiger partial charge in [0.25, 0.3) is 0 Å². The van der Waals surface area contributed by atoms with Crippen molar-refractivity contribution in [1.29, 1.82) is 0 Å². The minimum absolute atomic E-state index is 0.115. The number of aryl methyl sites for hydroxylation is 1. The van der Waals surface area contributed by atoms with Gasteiger partial charge in [0.15, 0.2) is 0 Å². The molecule has 2 aromatic rings. The number of amides is 2. The van der Waals surface area contributed by atoms with Crippen LogP contribution in [0.3, 0.4) is 0 Å². The SMILES string of the molecule is Cc1ccccc1NC(=O)CC(=O)N1CCC[C@H]1Cn1cccn1. The highest BCUT2D eigenvalue weighted by Crippen LogP contribution is 2.20. The Balaban J connectivity index is 1.57. The van der Waals surface area contributed by atoms with E-state index in [-0.39, 0.29) is 24.3 Å². The van der Waals surface area contributed by atoms with Gasteiger partial charge in [0.2, 0.25) is 11.8 Å². The van der Waals surface area contributed by atoms with E-state index in [0.717, 1.165) is 24.1 Å². The van der Waals surface area contributed by atoms with Crippen molar-refractivity contribution in [2.45, 2.75) is 38.8 Å². The van der Waals surface area contributed by atoms with Gasteiger partial charge in [-0.2, -0.15) is 5.10 Å². The van der Waals surface area contributed by atoms with Gasteiger partial charge in [-0.1, -0.05) is 18.2 Å². The Hall–Kier alpha value is -2.63. The molecular weight excluding hydrogens is 304 g/mol. The zero-order valence-corrected chi connectivity index (χ0v) is 13.8. The number of hydrogen-bond donors (Lipinski definition) is 1. The molecule has 1 aliphatic heterocycles. The maximum atomic E-state index is 12.5. The topological polar surface area (TPSA) is 67.2 Å². The number of para-hydroxylation sites is 1. The number of carbonyl (C=O) groups is 2. The molecule has 24 heavy (non-hydrogen) atoms. The van der Waals surface area contributed by atoms with Gasteiger partial charge in [0.1, 0.15) is 6.42 Å². The molecule has 2 heterocycles. The molecule has 0 saturated carbocycles. The Morgan fingerprint density at radius 1 is 1.29 bits per heavy atom. The first kappa shape index (κ1) is 16.2. The highest BCUT2D eigenvalue weighted by atomic mass is 16.2. The van der Waals surface area contributed by atoms with Crippen LogP contribution in [0, 0.1) is 6.92 Å². The molecule has 1 fully saturated rings. The number of aromatic nitrogens is 2. The number of rotatable bonds is 5. The molecule has 126 valence electrons. The fourth-order valence-electron chi connectivity index (χ4n) is 3.12. The Bertz CT molecular complexity index is 712. The predicted molar refractivity (Wildman–Crippen MR) is 91.4 cm³/mol. The van der Waals surface area contributed by atoms with Gasteiger partial charge in [-0.25, -0.2) is 0 Å². The summed E-state index contributed by atoms with van der Waals surface area (Å²) in [5.74, 6) is -0.380. The van der Waals surface area contributed by atoms with Crippen molar-refractivity contribution in [3.63, 3.8) is 0 Å². The number of hydrogen-bond acceptors (Lipinski definition) is 3. The average molecular weight is 326 g/mol. The predicted octanol–water partition coefficient (Wildman–Crippen LogP) is 2.21.